The molecule has 3 aromatic rings. The Morgan fingerprint density at radius 2 is 1.83 bits per heavy atom. The number of halogens is 1. The molecule has 1 atom stereocenters. The first kappa shape index (κ1) is 19.0. The van der Waals surface area contributed by atoms with Crippen molar-refractivity contribution in [3.05, 3.63) is 65.1 Å². The van der Waals surface area contributed by atoms with Crippen LogP contribution in [0.3, 0.4) is 0 Å². The summed E-state index contributed by atoms with van der Waals surface area (Å²) in [6.45, 7) is 2.63. The Balaban J connectivity index is 1.88. The molecule has 2 heterocycles. The number of H-pyrrole nitrogens is 1. The van der Waals surface area contributed by atoms with Gasteiger partial charge in [0.25, 0.3) is 5.91 Å². The van der Waals surface area contributed by atoms with E-state index in [1.54, 1.807) is 26.4 Å². The minimum Gasteiger partial charge on any atom is -0.493 e. The van der Waals surface area contributed by atoms with E-state index in [9.17, 15) is 9.18 Å². The van der Waals surface area contributed by atoms with Gasteiger partial charge in [-0.2, -0.15) is 5.10 Å². The summed E-state index contributed by atoms with van der Waals surface area (Å²) in [7, 11) is 3.17. The number of nitrogens with one attached hydrogen (secondary N) is 1. The Hall–Kier alpha value is -3.35. The number of nitrogens with zero attached hydrogens (tertiary/aromatic N) is 2. The highest BCUT2D eigenvalue weighted by molar-refractivity contribution is 6.00. The van der Waals surface area contributed by atoms with Crippen molar-refractivity contribution in [1.29, 1.82) is 0 Å². The highest BCUT2D eigenvalue weighted by atomic mass is 19.1. The minimum absolute atomic E-state index is 0.0949. The van der Waals surface area contributed by atoms with E-state index in [1.807, 2.05) is 30.0 Å². The molecule has 0 radical (unpaired) electrons. The van der Waals surface area contributed by atoms with Gasteiger partial charge in [0, 0.05) is 17.7 Å². The Labute approximate surface area is 168 Å². The number of hydrogen-bond acceptors (Lipinski definition) is 4. The van der Waals surface area contributed by atoms with Crippen molar-refractivity contribution < 1.29 is 18.7 Å². The van der Waals surface area contributed by atoms with Gasteiger partial charge in [0.1, 0.15) is 11.5 Å². The van der Waals surface area contributed by atoms with Gasteiger partial charge < -0.3 is 14.4 Å². The van der Waals surface area contributed by atoms with Gasteiger partial charge in [-0.3, -0.25) is 9.89 Å². The molecule has 150 valence electrons. The number of hydrogen-bond donors (Lipinski definition) is 1. The number of carbonyl (C=O) groups excluding carboxylic acids is 1. The Morgan fingerprint density at radius 3 is 2.48 bits per heavy atom. The van der Waals surface area contributed by atoms with Crippen molar-refractivity contribution >= 4 is 5.91 Å². The summed E-state index contributed by atoms with van der Waals surface area (Å²) in [6.07, 6.45) is 0.819. The number of aromatic nitrogens is 2. The zero-order valence-corrected chi connectivity index (χ0v) is 16.5. The summed E-state index contributed by atoms with van der Waals surface area (Å²) in [4.78, 5) is 14.9. The van der Waals surface area contributed by atoms with Gasteiger partial charge in [-0.15, -0.1) is 0 Å². The summed E-state index contributed by atoms with van der Waals surface area (Å²) in [6, 6.07) is 11.4. The molecular weight excluding hydrogens is 373 g/mol. The average molecular weight is 395 g/mol. The smallest absolute Gasteiger partial charge is 0.273 e. The fourth-order valence-corrected chi connectivity index (χ4v) is 3.87. The monoisotopic (exact) mass is 395 g/mol. The number of fused-ring (bicyclic) bond motifs is 1. The van der Waals surface area contributed by atoms with Crippen LogP contribution >= 0.6 is 0 Å². The third kappa shape index (κ3) is 3.12. The van der Waals surface area contributed by atoms with Crippen LogP contribution in [0.5, 0.6) is 11.5 Å². The molecule has 0 aliphatic carbocycles. The van der Waals surface area contributed by atoms with Crippen LogP contribution in [0.2, 0.25) is 0 Å². The number of amides is 1. The fourth-order valence-electron chi connectivity index (χ4n) is 3.87. The van der Waals surface area contributed by atoms with Crippen LogP contribution in [0.4, 0.5) is 4.39 Å². The largest absolute Gasteiger partial charge is 0.493 e. The summed E-state index contributed by atoms with van der Waals surface area (Å²) in [5, 5.41) is 7.28. The lowest BCUT2D eigenvalue weighted by Gasteiger charge is -2.26. The van der Waals surface area contributed by atoms with Crippen LogP contribution in [0, 0.1) is 5.82 Å². The van der Waals surface area contributed by atoms with Crippen LogP contribution in [-0.4, -0.2) is 41.8 Å². The number of carbonyl (C=O) groups is 1. The van der Waals surface area contributed by atoms with E-state index >= 15 is 0 Å². The van der Waals surface area contributed by atoms with Crippen molar-refractivity contribution in [2.75, 3.05) is 20.8 Å². The lowest BCUT2D eigenvalue weighted by molar-refractivity contribution is 0.0743. The molecule has 7 heteroatoms. The van der Waals surface area contributed by atoms with Gasteiger partial charge in [0.2, 0.25) is 0 Å². The lowest BCUT2D eigenvalue weighted by Crippen LogP contribution is -2.30. The maximum absolute atomic E-state index is 13.4. The number of aromatic amines is 1. The predicted molar refractivity (Wildman–Crippen MR) is 107 cm³/mol. The van der Waals surface area contributed by atoms with Crippen LogP contribution in [0.15, 0.2) is 42.5 Å². The standard InChI is InChI=1S/C22H22FN3O3/c1-4-11-26-21(14-7-10-16(28-2)17(12-14)29-3)18-19(24-25-20(18)22(26)27)13-5-8-15(23)9-6-13/h5-10,12,21H,4,11H2,1-3H3,(H,24,25). The molecule has 1 amide bonds. The molecule has 6 nitrogen and oxygen atoms in total. The summed E-state index contributed by atoms with van der Waals surface area (Å²) >= 11 is 0. The van der Waals surface area contributed by atoms with Gasteiger partial charge in [0.05, 0.1) is 26.0 Å². The van der Waals surface area contributed by atoms with Crippen LogP contribution in [0.25, 0.3) is 11.3 Å². The average Bonchev–Trinajstić information content (AvgIpc) is 3.28. The molecule has 0 spiro atoms. The molecule has 0 bridgehead atoms. The summed E-state index contributed by atoms with van der Waals surface area (Å²) in [5.41, 5.74) is 3.56. The maximum atomic E-state index is 13.4. The third-order valence-electron chi connectivity index (χ3n) is 5.17. The highest BCUT2D eigenvalue weighted by Gasteiger charge is 2.42. The first-order valence-corrected chi connectivity index (χ1v) is 9.46. The van der Waals surface area contributed by atoms with Crippen molar-refractivity contribution in [2.24, 2.45) is 0 Å². The van der Waals surface area contributed by atoms with Crippen molar-refractivity contribution in [3.63, 3.8) is 0 Å². The number of rotatable bonds is 6. The second kappa shape index (κ2) is 7.58. The van der Waals surface area contributed by atoms with E-state index in [1.165, 1.54) is 12.1 Å². The molecule has 1 aromatic heterocycles. The van der Waals surface area contributed by atoms with Crippen LogP contribution in [-0.2, 0) is 0 Å². The predicted octanol–water partition coefficient (Wildman–Crippen LogP) is 4.19. The second-order valence-corrected chi connectivity index (χ2v) is 6.88. The van der Waals surface area contributed by atoms with E-state index in [4.69, 9.17) is 9.47 Å². The molecule has 29 heavy (non-hydrogen) atoms. The molecular formula is C22H22FN3O3. The molecule has 0 fully saturated rings. The number of benzene rings is 2. The van der Waals surface area contributed by atoms with E-state index in [0.29, 0.717) is 29.4 Å². The molecule has 1 unspecified atom stereocenters. The van der Waals surface area contributed by atoms with Crippen molar-refractivity contribution in [3.8, 4) is 22.8 Å². The number of methoxy groups -OCH3 is 2. The summed E-state index contributed by atoms with van der Waals surface area (Å²) < 4.78 is 24.2. The number of ether oxygens (including phenoxy) is 2. The van der Waals surface area contributed by atoms with E-state index in [2.05, 4.69) is 10.2 Å². The Kier molecular flexibility index (Phi) is 4.96. The Bertz CT molecular complexity index is 1050. The van der Waals surface area contributed by atoms with E-state index in [0.717, 1.165) is 23.1 Å². The topological polar surface area (TPSA) is 67.5 Å². The molecule has 1 aliphatic rings. The zero-order valence-electron chi connectivity index (χ0n) is 16.5. The van der Waals surface area contributed by atoms with Gasteiger partial charge in [-0.05, 0) is 48.4 Å². The quantitative estimate of drug-likeness (QED) is 0.680. The first-order chi connectivity index (χ1) is 14.1. The highest BCUT2D eigenvalue weighted by Crippen LogP contribution is 2.44. The van der Waals surface area contributed by atoms with Gasteiger partial charge in [-0.25, -0.2) is 4.39 Å². The molecule has 0 saturated carbocycles. The SMILES string of the molecule is CCCN1C(=O)c2[nH]nc(-c3ccc(F)cc3)c2C1c1ccc(OC)c(OC)c1. The maximum Gasteiger partial charge on any atom is 0.273 e. The van der Waals surface area contributed by atoms with Crippen LogP contribution < -0.4 is 9.47 Å². The summed E-state index contributed by atoms with van der Waals surface area (Å²) in [5.74, 6) is 0.798. The molecule has 4 rings (SSSR count). The molecule has 1 N–H and O–H groups in total. The van der Waals surface area contributed by atoms with Crippen molar-refractivity contribution in [2.45, 2.75) is 19.4 Å². The third-order valence-corrected chi connectivity index (χ3v) is 5.17. The first-order valence-electron chi connectivity index (χ1n) is 9.46. The normalized spacial score (nSPS) is 15.5. The molecule has 1 aliphatic heterocycles. The molecule has 2 aromatic carbocycles. The fraction of sp³-hybridized carbons (Fsp3) is 0.273. The minimum atomic E-state index is -0.323. The van der Waals surface area contributed by atoms with Gasteiger partial charge >= 0.3 is 0 Å². The Morgan fingerprint density at radius 1 is 1.10 bits per heavy atom. The van der Waals surface area contributed by atoms with Gasteiger partial charge in [-0.1, -0.05) is 13.0 Å². The van der Waals surface area contributed by atoms with Gasteiger partial charge in [0.15, 0.2) is 11.5 Å². The van der Waals surface area contributed by atoms with E-state index < -0.39 is 0 Å². The van der Waals surface area contributed by atoms with Crippen molar-refractivity contribution in [1.82, 2.24) is 15.1 Å². The zero-order chi connectivity index (χ0) is 20.5. The lowest BCUT2D eigenvalue weighted by atomic mass is 9.95. The second-order valence-electron chi connectivity index (χ2n) is 6.88. The molecule has 0 saturated heterocycles. The van der Waals surface area contributed by atoms with Crippen LogP contribution in [0.1, 0.15) is 41.0 Å². The van der Waals surface area contributed by atoms with E-state index in [-0.39, 0.29) is 17.8 Å².